The maximum atomic E-state index is 12.6. The molecule has 1 atom stereocenters. The van der Waals surface area contributed by atoms with E-state index in [1.807, 2.05) is 38.1 Å². The number of hydrogen-bond acceptors (Lipinski definition) is 8. The average molecular weight is 390 g/mol. The summed E-state index contributed by atoms with van der Waals surface area (Å²) in [6.45, 7) is 4.96. The zero-order chi connectivity index (χ0) is 18.4. The van der Waals surface area contributed by atoms with E-state index in [4.69, 9.17) is 9.15 Å². The molecule has 0 aliphatic heterocycles. The first-order valence-corrected chi connectivity index (χ1v) is 9.89. The summed E-state index contributed by atoms with van der Waals surface area (Å²) >= 11 is 2.83. The van der Waals surface area contributed by atoms with Crippen LogP contribution in [-0.2, 0) is 6.54 Å². The molecule has 0 aliphatic carbocycles. The molecule has 0 aliphatic rings. The van der Waals surface area contributed by atoms with Crippen LogP contribution in [0.1, 0.15) is 30.0 Å². The molecule has 0 radical (unpaired) electrons. The Kier molecular flexibility index (Phi) is 6.30. The van der Waals surface area contributed by atoms with Gasteiger partial charge in [0.2, 0.25) is 5.13 Å². The molecule has 26 heavy (non-hydrogen) atoms. The van der Waals surface area contributed by atoms with Crippen molar-refractivity contribution in [2.75, 3.05) is 11.9 Å². The minimum absolute atomic E-state index is 0.0540. The highest BCUT2D eigenvalue weighted by atomic mass is 32.2. The Labute approximate surface area is 160 Å². The zero-order valence-electron chi connectivity index (χ0n) is 14.5. The Bertz CT molecular complexity index is 832. The normalized spacial score (nSPS) is 11.9. The number of ketones is 1. The van der Waals surface area contributed by atoms with Crippen molar-refractivity contribution in [2.45, 2.75) is 30.0 Å². The summed E-state index contributed by atoms with van der Waals surface area (Å²) in [6.07, 6.45) is 1.63. The third-order valence-electron chi connectivity index (χ3n) is 3.50. The number of aromatic nitrogens is 2. The lowest BCUT2D eigenvalue weighted by atomic mass is 10.1. The van der Waals surface area contributed by atoms with Gasteiger partial charge in [-0.25, -0.2) is 0 Å². The summed E-state index contributed by atoms with van der Waals surface area (Å²) in [4.78, 5) is 12.6. The highest BCUT2D eigenvalue weighted by Crippen LogP contribution is 2.30. The number of ether oxygens (including phenoxy) is 1. The minimum Gasteiger partial charge on any atom is -0.494 e. The third-order valence-corrected chi connectivity index (χ3v) is 5.56. The van der Waals surface area contributed by atoms with Crippen molar-refractivity contribution in [3.05, 3.63) is 54.0 Å². The zero-order valence-corrected chi connectivity index (χ0v) is 16.1. The van der Waals surface area contributed by atoms with Crippen molar-refractivity contribution < 1.29 is 13.9 Å². The Morgan fingerprint density at radius 2 is 2.12 bits per heavy atom. The lowest BCUT2D eigenvalue weighted by molar-refractivity contribution is 0.0994. The van der Waals surface area contributed by atoms with Crippen molar-refractivity contribution in [2.24, 2.45) is 0 Å². The van der Waals surface area contributed by atoms with Gasteiger partial charge in [0.25, 0.3) is 0 Å². The number of Topliss-reactive ketones (excluding diaryl/α,β-unsaturated/α-hetero) is 1. The summed E-state index contributed by atoms with van der Waals surface area (Å²) in [6, 6.07) is 10.9. The van der Waals surface area contributed by atoms with Gasteiger partial charge in [-0.05, 0) is 50.2 Å². The number of nitrogens with one attached hydrogen (secondary N) is 1. The van der Waals surface area contributed by atoms with E-state index in [9.17, 15) is 4.79 Å². The quantitative estimate of drug-likeness (QED) is 0.426. The number of benzene rings is 1. The molecule has 3 aromatic rings. The van der Waals surface area contributed by atoms with Crippen molar-refractivity contribution in [1.29, 1.82) is 0 Å². The van der Waals surface area contributed by atoms with Crippen LogP contribution in [0.3, 0.4) is 0 Å². The van der Waals surface area contributed by atoms with Crippen molar-refractivity contribution in [3.63, 3.8) is 0 Å². The van der Waals surface area contributed by atoms with Crippen molar-refractivity contribution >= 4 is 34.0 Å². The van der Waals surface area contributed by atoms with Gasteiger partial charge in [-0.15, -0.1) is 10.2 Å². The van der Waals surface area contributed by atoms with Crippen LogP contribution in [0, 0.1) is 0 Å². The largest absolute Gasteiger partial charge is 0.494 e. The van der Waals surface area contributed by atoms with E-state index in [1.165, 1.54) is 23.1 Å². The molecule has 0 saturated carbocycles. The van der Waals surface area contributed by atoms with Crippen LogP contribution in [0.2, 0.25) is 0 Å². The lowest BCUT2D eigenvalue weighted by Gasteiger charge is -2.09. The van der Waals surface area contributed by atoms with Crippen LogP contribution in [0.15, 0.2) is 51.4 Å². The number of thioether (sulfide) groups is 1. The maximum absolute atomic E-state index is 12.6. The predicted octanol–water partition coefficient (Wildman–Crippen LogP) is 4.51. The summed E-state index contributed by atoms with van der Waals surface area (Å²) in [7, 11) is 0. The highest BCUT2D eigenvalue weighted by Gasteiger charge is 2.19. The number of rotatable bonds is 9. The second kappa shape index (κ2) is 8.86. The Morgan fingerprint density at radius 1 is 1.31 bits per heavy atom. The molecule has 2 heterocycles. The maximum Gasteiger partial charge on any atom is 0.206 e. The fraction of sp³-hybridized carbons (Fsp3) is 0.278. The molecule has 0 unspecified atom stereocenters. The highest BCUT2D eigenvalue weighted by molar-refractivity contribution is 8.02. The number of hydrogen-bond donors (Lipinski definition) is 1. The summed E-state index contributed by atoms with van der Waals surface area (Å²) < 4.78 is 11.4. The van der Waals surface area contributed by atoms with Crippen LogP contribution < -0.4 is 10.1 Å². The van der Waals surface area contributed by atoms with Crippen LogP contribution >= 0.6 is 23.1 Å². The molecule has 1 aromatic carbocycles. The number of nitrogens with zero attached hydrogens (tertiary/aromatic N) is 2. The first kappa shape index (κ1) is 18.5. The number of carbonyl (C=O) groups excluding carboxylic acids is 1. The Hall–Kier alpha value is -2.32. The molecule has 2 aromatic heterocycles. The van der Waals surface area contributed by atoms with E-state index in [2.05, 4.69) is 15.5 Å². The monoisotopic (exact) mass is 389 g/mol. The molecule has 8 heteroatoms. The molecule has 3 rings (SSSR count). The van der Waals surface area contributed by atoms with Gasteiger partial charge < -0.3 is 14.5 Å². The van der Waals surface area contributed by atoms with Gasteiger partial charge in [-0.2, -0.15) is 0 Å². The van der Waals surface area contributed by atoms with Crippen molar-refractivity contribution in [3.8, 4) is 5.75 Å². The molecule has 0 bridgehead atoms. The smallest absolute Gasteiger partial charge is 0.206 e. The van der Waals surface area contributed by atoms with Crippen LogP contribution in [-0.4, -0.2) is 27.8 Å². The molecule has 0 spiro atoms. The molecule has 0 saturated heterocycles. The van der Waals surface area contributed by atoms with Gasteiger partial charge in [0, 0.05) is 5.56 Å². The van der Waals surface area contributed by atoms with E-state index >= 15 is 0 Å². The SMILES string of the molecule is CCOc1ccc(C(=O)[C@@H](C)Sc2nnc(NCc3ccco3)s2)cc1. The molecule has 6 nitrogen and oxygen atoms in total. The molecule has 1 N–H and O–H groups in total. The number of furan rings is 1. The standard InChI is InChI=1S/C18H19N3O3S2/c1-3-23-14-8-6-13(7-9-14)16(22)12(2)25-18-21-20-17(26-18)19-11-15-5-4-10-24-15/h4-10,12H,3,11H2,1-2H3,(H,19,20)/t12-/m1/s1. The molecular formula is C18H19N3O3S2. The number of anilines is 1. The average Bonchev–Trinajstić information content (AvgIpc) is 3.32. The van der Waals surface area contributed by atoms with Gasteiger partial charge in [0.05, 0.1) is 24.7 Å². The van der Waals surface area contributed by atoms with E-state index in [0.717, 1.165) is 15.8 Å². The second-order valence-electron chi connectivity index (χ2n) is 5.39. The minimum atomic E-state index is -0.251. The van der Waals surface area contributed by atoms with E-state index in [1.54, 1.807) is 18.4 Å². The van der Waals surface area contributed by atoms with E-state index in [-0.39, 0.29) is 11.0 Å². The molecular weight excluding hydrogens is 370 g/mol. The Morgan fingerprint density at radius 3 is 2.81 bits per heavy atom. The van der Waals surface area contributed by atoms with Gasteiger partial charge in [-0.3, -0.25) is 4.79 Å². The van der Waals surface area contributed by atoms with Gasteiger partial charge in [0.1, 0.15) is 11.5 Å². The molecule has 0 fully saturated rings. The van der Waals surface area contributed by atoms with Gasteiger partial charge >= 0.3 is 0 Å². The second-order valence-corrected chi connectivity index (χ2v) is 7.95. The Balaban J connectivity index is 1.55. The van der Waals surface area contributed by atoms with Crippen LogP contribution in [0.4, 0.5) is 5.13 Å². The summed E-state index contributed by atoms with van der Waals surface area (Å²) in [5.74, 6) is 1.65. The first-order chi connectivity index (χ1) is 12.7. The lowest BCUT2D eigenvalue weighted by Crippen LogP contribution is -2.13. The van der Waals surface area contributed by atoms with Crippen LogP contribution in [0.5, 0.6) is 5.75 Å². The van der Waals surface area contributed by atoms with Gasteiger partial charge in [0.15, 0.2) is 10.1 Å². The van der Waals surface area contributed by atoms with Crippen LogP contribution in [0.25, 0.3) is 0 Å². The molecule has 0 amide bonds. The fourth-order valence-corrected chi connectivity index (χ4v) is 4.20. The topological polar surface area (TPSA) is 77.2 Å². The summed E-state index contributed by atoms with van der Waals surface area (Å²) in [5, 5.41) is 11.8. The van der Waals surface area contributed by atoms with Crippen molar-refractivity contribution in [1.82, 2.24) is 10.2 Å². The number of carbonyl (C=O) groups is 1. The van der Waals surface area contributed by atoms with E-state index in [0.29, 0.717) is 23.8 Å². The van der Waals surface area contributed by atoms with Gasteiger partial charge in [-0.1, -0.05) is 23.1 Å². The molecule has 136 valence electrons. The van der Waals surface area contributed by atoms with E-state index < -0.39 is 0 Å². The predicted molar refractivity (Wildman–Crippen MR) is 103 cm³/mol. The summed E-state index contributed by atoms with van der Waals surface area (Å²) in [5.41, 5.74) is 0.661. The first-order valence-electron chi connectivity index (χ1n) is 8.19. The third kappa shape index (κ3) is 4.86. The fourth-order valence-electron chi connectivity index (χ4n) is 2.23.